The van der Waals surface area contributed by atoms with E-state index in [0.717, 1.165) is 37.7 Å². The highest BCUT2D eigenvalue weighted by molar-refractivity contribution is 5.92. The number of ether oxygens (including phenoxy) is 1. The second-order valence-electron chi connectivity index (χ2n) is 16.3. The van der Waals surface area contributed by atoms with Gasteiger partial charge in [-0.1, -0.05) is 76.3 Å². The summed E-state index contributed by atoms with van der Waals surface area (Å²) in [5.74, 6) is -5.15. The van der Waals surface area contributed by atoms with E-state index in [2.05, 4.69) is 20.6 Å². The molecule has 1 aliphatic carbocycles. The van der Waals surface area contributed by atoms with Crippen molar-refractivity contribution in [2.75, 3.05) is 20.1 Å². The summed E-state index contributed by atoms with van der Waals surface area (Å²) in [6, 6.07) is 6.04. The molecule has 2 unspecified atom stereocenters. The van der Waals surface area contributed by atoms with Crippen molar-refractivity contribution in [2.24, 2.45) is 11.8 Å². The average Bonchev–Trinajstić information content (AvgIpc) is 3.75. The van der Waals surface area contributed by atoms with Crippen molar-refractivity contribution >= 4 is 35.8 Å². The lowest BCUT2D eigenvalue weighted by atomic mass is 9.82. The van der Waals surface area contributed by atoms with E-state index in [-0.39, 0.29) is 51.1 Å². The molecule has 4 amide bonds. The monoisotopic (exact) mass is 882 g/mol. The molecule has 0 radical (unpaired) electrons. The van der Waals surface area contributed by atoms with Gasteiger partial charge in [-0.3, -0.25) is 19.2 Å². The van der Waals surface area contributed by atoms with Crippen LogP contribution in [-0.2, 0) is 41.6 Å². The number of aliphatic hydroxyl groups excluding tert-OH is 2. The minimum atomic E-state index is -5.08. The van der Waals surface area contributed by atoms with Crippen molar-refractivity contribution in [3.05, 3.63) is 54.1 Å². The van der Waals surface area contributed by atoms with Gasteiger partial charge in [-0.15, -0.1) is 0 Å². The van der Waals surface area contributed by atoms with Crippen LogP contribution in [0, 0.1) is 11.8 Å². The summed E-state index contributed by atoms with van der Waals surface area (Å²) in [6.45, 7) is 4.27. The molecule has 2 aromatic rings. The number of likely N-dealkylation sites (N-methyl/N-ethyl adjacent to an activating group) is 1. The molecule has 346 valence electrons. The number of benzene rings is 1. The smallest absolute Gasteiger partial charge is 0.481 e. The first-order valence-corrected chi connectivity index (χ1v) is 21.0. The van der Waals surface area contributed by atoms with E-state index in [4.69, 9.17) is 19.7 Å². The summed E-state index contributed by atoms with van der Waals surface area (Å²) in [6.07, 6.45) is 2.20. The molecule has 17 nitrogen and oxygen atoms in total. The number of H-pyrrole nitrogens is 1. The highest BCUT2D eigenvalue weighted by atomic mass is 19.4. The van der Waals surface area contributed by atoms with Crippen LogP contribution in [0.3, 0.4) is 0 Å². The van der Waals surface area contributed by atoms with Crippen LogP contribution in [-0.4, -0.2) is 139 Å². The number of likely N-dealkylation sites (tertiary alicyclic amines) is 1. The maximum absolute atomic E-state index is 14.5. The number of alkyl halides is 3. The molecule has 1 aliphatic heterocycles. The lowest BCUT2D eigenvalue weighted by Gasteiger charge is -2.36. The van der Waals surface area contributed by atoms with Gasteiger partial charge in [-0.25, -0.2) is 14.6 Å². The second-order valence-corrected chi connectivity index (χ2v) is 16.3. The van der Waals surface area contributed by atoms with Crippen LogP contribution in [0.15, 0.2) is 42.9 Å². The number of aromatic nitrogens is 2. The number of urea groups is 1. The molecule has 5 atom stereocenters. The minimum Gasteiger partial charge on any atom is -0.481 e. The molecular formula is C42H61F3N6O11. The van der Waals surface area contributed by atoms with E-state index in [1.165, 1.54) is 18.3 Å². The zero-order chi connectivity index (χ0) is 46.0. The first-order valence-electron chi connectivity index (χ1n) is 21.0. The molecule has 0 spiro atoms. The van der Waals surface area contributed by atoms with Gasteiger partial charge in [0.1, 0.15) is 18.2 Å². The number of carbonyl (C=O) groups excluding carboxylic acids is 4. The van der Waals surface area contributed by atoms with Gasteiger partial charge in [-0.2, -0.15) is 13.2 Å². The largest absolute Gasteiger partial charge is 0.490 e. The van der Waals surface area contributed by atoms with Crippen molar-refractivity contribution in [3.8, 4) is 0 Å². The molecule has 1 aromatic carbocycles. The van der Waals surface area contributed by atoms with Gasteiger partial charge in [0.05, 0.1) is 37.4 Å². The Morgan fingerprint density at radius 2 is 1.55 bits per heavy atom. The number of rotatable bonds is 19. The van der Waals surface area contributed by atoms with Crippen LogP contribution in [0.25, 0.3) is 0 Å². The Bertz CT molecular complexity index is 1720. The predicted octanol–water partition coefficient (Wildman–Crippen LogP) is 3.83. The van der Waals surface area contributed by atoms with Crippen molar-refractivity contribution < 1.29 is 67.1 Å². The first kappa shape index (κ1) is 51.1. The molecule has 1 aromatic heterocycles. The zero-order valence-electron chi connectivity index (χ0n) is 35.4. The lowest BCUT2D eigenvalue weighted by molar-refractivity contribution is -0.192. The van der Waals surface area contributed by atoms with Crippen LogP contribution in [0.1, 0.15) is 95.7 Å². The number of aliphatic carboxylic acids is 2. The number of halogens is 3. The SMILES string of the molecule is CC(C)C(O)CC(O)[C@H](CC1CCCCC1)NC(=O)[C@H](Cc1cnc[nH]1)N(C)C(=O)[C@H](Cc1ccccc1)NC(=O)N1CCC(OC(=O)CCC(=O)O)CC1.O=C(O)C(F)(F)F. The number of amides is 4. The van der Waals surface area contributed by atoms with Gasteiger partial charge < -0.3 is 50.6 Å². The Balaban J connectivity index is 0.00000134. The fraction of sp³-hybridized carbons (Fsp3) is 0.643. The van der Waals surface area contributed by atoms with Gasteiger partial charge in [0.2, 0.25) is 11.8 Å². The number of carbonyl (C=O) groups is 6. The highest BCUT2D eigenvalue weighted by Crippen LogP contribution is 2.29. The Kier molecular flexibility index (Phi) is 20.6. The van der Waals surface area contributed by atoms with Crippen LogP contribution < -0.4 is 10.6 Å². The van der Waals surface area contributed by atoms with Gasteiger partial charge in [0.15, 0.2) is 0 Å². The van der Waals surface area contributed by atoms with Crippen molar-refractivity contribution in [1.82, 2.24) is 30.4 Å². The summed E-state index contributed by atoms with van der Waals surface area (Å²) in [5, 5.41) is 44.0. The zero-order valence-corrected chi connectivity index (χ0v) is 35.4. The molecule has 2 heterocycles. The third-order valence-corrected chi connectivity index (χ3v) is 11.1. The Morgan fingerprint density at radius 3 is 2.10 bits per heavy atom. The highest BCUT2D eigenvalue weighted by Gasteiger charge is 2.39. The van der Waals surface area contributed by atoms with Crippen molar-refractivity contribution in [2.45, 2.75) is 140 Å². The van der Waals surface area contributed by atoms with Crippen LogP contribution in [0.5, 0.6) is 0 Å². The molecule has 2 fully saturated rings. The minimum absolute atomic E-state index is 0.0753. The van der Waals surface area contributed by atoms with E-state index >= 15 is 0 Å². The quantitative estimate of drug-likeness (QED) is 0.0995. The van der Waals surface area contributed by atoms with Crippen molar-refractivity contribution in [1.29, 1.82) is 0 Å². The molecule has 4 rings (SSSR count). The van der Waals surface area contributed by atoms with E-state index in [1.807, 2.05) is 44.2 Å². The number of piperidine rings is 1. The Hall–Kier alpha value is -5.24. The van der Waals surface area contributed by atoms with Gasteiger partial charge in [0.25, 0.3) is 0 Å². The number of nitrogens with one attached hydrogen (secondary N) is 3. The molecule has 2 aliphatic rings. The van der Waals surface area contributed by atoms with Gasteiger partial charge >= 0.3 is 30.1 Å². The number of esters is 1. The third kappa shape index (κ3) is 17.6. The molecule has 7 N–H and O–H groups in total. The van der Waals surface area contributed by atoms with Crippen LogP contribution in [0.2, 0.25) is 0 Å². The maximum Gasteiger partial charge on any atom is 0.490 e. The fourth-order valence-corrected chi connectivity index (χ4v) is 7.39. The van der Waals surface area contributed by atoms with E-state index in [9.17, 15) is 47.4 Å². The third-order valence-electron chi connectivity index (χ3n) is 11.1. The molecule has 0 bridgehead atoms. The number of aliphatic hydroxyl groups is 2. The van der Waals surface area contributed by atoms with Crippen molar-refractivity contribution in [3.63, 3.8) is 0 Å². The number of imidazole rings is 1. The number of nitrogens with zero attached hydrogens (tertiary/aromatic N) is 3. The van der Waals surface area contributed by atoms with E-state index in [0.29, 0.717) is 30.9 Å². The number of hydrogen-bond acceptors (Lipinski definition) is 10. The molecule has 62 heavy (non-hydrogen) atoms. The lowest BCUT2D eigenvalue weighted by Crippen LogP contribution is -2.59. The van der Waals surface area contributed by atoms with Gasteiger partial charge in [-0.05, 0) is 23.8 Å². The molecule has 1 saturated heterocycles. The number of aromatic amines is 1. The summed E-state index contributed by atoms with van der Waals surface area (Å²) in [5.41, 5.74) is 1.42. The summed E-state index contributed by atoms with van der Waals surface area (Å²) < 4.78 is 37.1. The first-order chi connectivity index (χ1) is 29.2. The molecule has 20 heteroatoms. The molecular weight excluding hydrogens is 821 g/mol. The number of carboxylic acids is 2. The second kappa shape index (κ2) is 25.0. The van der Waals surface area contributed by atoms with Crippen LogP contribution >= 0.6 is 0 Å². The Labute approximate surface area is 358 Å². The summed E-state index contributed by atoms with van der Waals surface area (Å²) in [7, 11) is 1.53. The molecule has 1 saturated carbocycles. The maximum atomic E-state index is 14.5. The fourth-order valence-electron chi connectivity index (χ4n) is 7.39. The standard InChI is InChI=1S/C40H60N6O9.C2HF3O2/c1-26(2)34(47)23-35(48)31(20-27-10-6-4-7-11-27)43-38(52)33(22-29-24-41-25-42-29)45(3)39(53)32(21-28-12-8-5-9-13-28)44-40(54)46-18-16-30(17-19-46)55-37(51)15-14-36(49)50;3-2(4,5)1(6)7/h5,8-9,12-13,24-27,30-35,47-48H,4,6-7,10-11,14-23H2,1-3H3,(H,41,42)(H,43,52)(H,44,54)(H,49,50);(H,6,7)/t31-,32-,33-,34?,35?;/m0./s1. The van der Waals surface area contributed by atoms with E-state index in [1.54, 1.807) is 11.1 Å². The predicted molar refractivity (Wildman–Crippen MR) is 217 cm³/mol. The summed E-state index contributed by atoms with van der Waals surface area (Å²) in [4.78, 5) is 84.3. The Morgan fingerprint density at radius 1 is 0.919 bits per heavy atom. The topological polar surface area (TPSA) is 252 Å². The number of hydrogen-bond donors (Lipinski definition) is 7. The number of carboxylic acid groups (broad SMARTS) is 2. The van der Waals surface area contributed by atoms with E-state index < -0.39 is 78.4 Å². The summed E-state index contributed by atoms with van der Waals surface area (Å²) >= 11 is 0. The van der Waals surface area contributed by atoms with Gasteiger partial charge in [0, 0.05) is 64.1 Å². The normalized spacial score (nSPS) is 17.3. The average molecular weight is 883 g/mol. The van der Waals surface area contributed by atoms with Crippen LogP contribution in [0.4, 0.5) is 18.0 Å².